The molecule has 0 radical (unpaired) electrons. The Kier molecular flexibility index (Phi) is 5.78. The van der Waals surface area contributed by atoms with Crippen molar-refractivity contribution >= 4 is 92.1 Å². The first kappa shape index (κ1) is 26.3. The molecule has 0 aliphatic heterocycles. The molecular weight excluding hydrogens is 591 g/mol. The molecule has 8 aromatic carbocycles. The molecule has 2 nitrogen and oxygen atoms in total. The van der Waals surface area contributed by atoms with E-state index in [4.69, 9.17) is 4.42 Å². The highest BCUT2D eigenvalue weighted by atomic mass is 32.1. The number of para-hydroxylation sites is 3. The number of thiophene rings is 1. The second-order valence-electron chi connectivity index (χ2n) is 12.1. The summed E-state index contributed by atoms with van der Waals surface area (Å²) in [7, 11) is 0. The molecule has 10 aromatic rings. The molecule has 0 spiro atoms. The van der Waals surface area contributed by atoms with E-state index in [9.17, 15) is 0 Å². The summed E-state index contributed by atoms with van der Waals surface area (Å²) in [5.74, 6) is 0. The molecule has 0 unspecified atom stereocenters. The smallest absolute Gasteiger partial charge is 0.143 e. The van der Waals surface area contributed by atoms with Gasteiger partial charge in [-0.2, -0.15) is 0 Å². The van der Waals surface area contributed by atoms with Crippen LogP contribution >= 0.6 is 11.3 Å². The van der Waals surface area contributed by atoms with E-state index in [1.807, 2.05) is 17.4 Å². The molecule has 10 rings (SSSR count). The van der Waals surface area contributed by atoms with Gasteiger partial charge in [-0.15, -0.1) is 11.3 Å². The van der Waals surface area contributed by atoms with Gasteiger partial charge in [-0.05, 0) is 53.4 Å². The van der Waals surface area contributed by atoms with Gasteiger partial charge in [-0.25, -0.2) is 0 Å². The van der Waals surface area contributed by atoms with E-state index in [0.29, 0.717) is 0 Å². The van der Waals surface area contributed by atoms with Crippen molar-refractivity contribution in [3.8, 4) is 11.1 Å². The highest BCUT2D eigenvalue weighted by Crippen LogP contribution is 2.48. The fourth-order valence-electron chi connectivity index (χ4n) is 7.29. The Morgan fingerprint density at radius 3 is 2.04 bits per heavy atom. The summed E-state index contributed by atoms with van der Waals surface area (Å²) in [5, 5.41) is 9.76. The van der Waals surface area contributed by atoms with Gasteiger partial charge in [0.05, 0.1) is 11.4 Å². The minimum absolute atomic E-state index is 0.919. The Morgan fingerprint density at radius 1 is 0.447 bits per heavy atom. The summed E-state index contributed by atoms with van der Waals surface area (Å²) < 4.78 is 9.04. The second kappa shape index (κ2) is 10.3. The standard InChI is InChI=1S/C44H27NOS/c1-2-14-30(15-3-1)45(39-22-10-13-28-12-4-5-16-31(28)39)40-27-38-37-26-29(24-25-42(37)47-44(38)36-19-7-6-17-33(36)40)32-20-11-21-35-34-18-8-9-23-41(34)46-43(32)35/h1-27H. The summed E-state index contributed by atoms with van der Waals surface area (Å²) in [5.41, 5.74) is 7.58. The number of rotatable bonds is 4. The minimum atomic E-state index is 0.919. The first-order valence-corrected chi connectivity index (χ1v) is 16.7. The van der Waals surface area contributed by atoms with Crippen LogP contribution in [0.3, 0.4) is 0 Å². The Bertz CT molecular complexity index is 2800. The maximum atomic E-state index is 6.46. The molecular formula is C44H27NOS. The van der Waals surface area contributed by atoms with Crippen molar-refractivity contribution in [3.05, 3.63) is 164 Å². The molecule has 220 valence electrons. The third-order valence-electron chi connectivity index (χ3n) is 9.43. The van der Waals surface area contributed by atoms with Crippen molar-refractivity contribution < 1.29 is 4.42 Å². The average Bonchev–Trinajstić information content (AvgIpc) is 3.71. The first-order valence-electron chi connectivity index (χ1n) is 15.9. The van der Waals surface area contributed by atoms with E-state index in [0.717, 1.165) is 44.4 Å². The van der Waals surface area contributed by atoms with Crippen LogP contribution in [0.4, 0.5) is 17.1 Å². The van der Waals surface area contributed by atoms with Crippen molar-refractivity contribution in [2.24, 2.45) is 0 Å². The van der Waals surface area contributed by atoms with Crippen LogP contribution in [0, 0.1) is 0 Å². The fourth-order valence-corrected chi connectivity index (χ4v) is 8.50. The van der Waals surface area contributed by atoms with Crippen molar-refractivity contribution in [2.75, 3.05) is 4.90 Å². The largest absolute Gasteiger partial charge is 0.455 e. The summed E-state index contributed by atoms with van der Waals surface area (Å²) in [6.45, 7) is 0. The zero-order valence-electron chi connectivity index (χ0n) is 25.4. The SMILES string of the molecule is c1ccc(N(c2cccc3ccccc23)c2cc3c4cc(-c5cccc6c5oc5ccccc56)ccc4sc3c3ccccc23)cc1. The van der Waals surface area contributed by atoms with Crippen molar-refractivity contribution in [1.82, 2.24) is 0 Å². The van der Waals surface area contributed by atoms with E-state index in [1.165, 1.54) is 47.4 Å². The van der Waals surface area contributed by atoms with E-state index in [2.05, 4.69) is 163 Å². The lowest BCUT2D eigenvalue weighted by atomic mass is 9.98. The lowest BCUT2D eigenvalue weighted by molar-refractivity contribution is 0.670. The number of hydrogen-bond donors (Lipinski definition) is 0. The van der Waals surface area contributed by atoms with Gasteiger partial charge in [0.25, 0.3) is 0 Å². The molecule has 0 saturated carbocycles. The monoisotopic (exact) mass is 617 g/mol. The number of anilines is 3. The van der Waals surface area contributed by atoms with E-state index >= 15 is 0 Å². The van der Waals surface area contributed by atoms with Crippen LogP contribution in [-0.4, -0.2) is 0 Å². The number of hydrogen-bond acceptors (Lipinski definition) is 3. The number of benzene rings is 8. The molecule has 0 amide bonds. The van der Waals surface area contributed by atoms with Gasteiger partial charge >= 0.3 is 0 Å². The number of nitrogens with zero attached hydrogens (tertiary/aromatic N) is 1. The van der Waals surface area contributed by atoms with Gasteiger partial charge in [-0.1, -0.05) is 121 Å². The molecule has 0 aliphatic carbocycles. The predicted molar refractivity (Wildman–Crippen MR) is 202 cm³/mol. The Labute approximate surface area is 275 Å². The van der Waals surface area contributed by atoms with Crippen LogP contribution < -0.4 is 4.90 Å². The zero-order valence-corrected chi connectivity index (χ0v) is 26.2. The average molecular weight is 618 g/mol. The highest BCUT2D eigenvalue weighted by Gasteiger charge is 2.21. The highest BCUT2D eigenvalue weighted by molar-refractivity contribution is 7.26. The number of furan rings is 1. The molecule has 0 bridgehead atoms. The Hall–Kier alpha value is -5.90. The van der Waals surface area contributed by atoms with Crippen molar-refractivity contribution in [3.63, 3.8) is 0 Å². The maximum absolute atomic E-state index is 6.46. The van der Waals surface area contributed by atoms with E-state index in [1.54, 1.807) is 0 Å². The van der Waals surface area contributed by atoms with Crippen molar-refractivity contribution in [2.45, 2.75) is 0 Å². The Morgan fingerprint density at radius 2 is 1.15 bits per heavy atom. The van der Waals surface area contributed by atoms with Gasteiger partial charge in [-0.3, -0.25) is 0 Å². The van der Waals surface area contributed by atoms with Crippen LogP contribution in [0.15, 0.2) is 168 Å². The van der Waals surface area contributed by atoms with Gasteiger partial charge < -0.3 is 9.32 Å². The third kappa shape index (κ3) is 4.04. The summed E-state index contributed by atoms with van der Waals surface area (Å²) in [4.78, 5) is 2.44. The fraction of sp³-hybridized carbons (Fsp3) is 0. The number of fused-ring (bicyclic) bond motifs is 9. The summed E-state index contributed by atoms with van der Waals surface area (Å²) in [6.07, 6.45) is 0. The molecule has 0 fully saturated rings. The molecule has 2 heterocycles. The third-order valence-corrected chi connectivity index (χ3v) is 10.7. The van der Waals surface area contributed by atoms with Crippen LogP contribution in [-0.2, 0) is 0 Å². The van der Waals surface area contributed by atoms with Gasteiger partial charge in [0.1, 0.15) is 11.2 Å². The van der Waals surface area contributed by atoms with Gasteiger partial charge in [0.2, 0.25) is 0 Å². The van der Waals surface area contributed by atoms with E-state index in [-0.39, 0.29) is 0 Å². The molecule has 0 atom stereocenters. The quantitative estimate of drug-likeness (QED) is 0.195. The molecule has 0 saturated heterocycles. The van der Waals surface area contributed by atoms with Gasteiger partial charge in [0, 0.05) is 58.4 Å². The predicted octanol–water partition coefficient (Wildman–Crippen LogP) is 13.4. The minimum Gasteiger partial charge on any atom is -0.455 e. The molecule has 0 aliphatic rings. The van der Waals surface area contributed by atoms with Gasteiger partial charge in [0.15, 0.2) is 0 Å². The lowest BCUT2D eigenvalue weighted by Crippen LogP contribution is -2.11. The van der Waals surface area contributed by atoms with Crippen LogP contribution in [0.5, 0.6) is 0 Å². The second-order valence-corrected chi connectivity index (χ2v) is 13.1. The molecule has 2 aromatic heterocycles. The topological polar surface area (TPSA) is 16.4 Å². The van der Waals surface area contributed by atoms with Crippen LogP contribution in [0.2, 0.25) is 0 Å². The molecule has 0 N–H and O–H groups in total. The zero-order chi connectivity index (χ0) is 30.9. The lowest BCUT2D eigenvalue weighted by Gasteiger charge is -2.28. The normalized spacial score (nSPS) is 11.8. The first-order chi connectivity index (χ1) is 23.3. The Balaban J connectivity index is 1.27. The van der Waals surface area contributed by atoms with Crippen molar-refractivity contribution in [1.29, 1.82) is 0 Å². The van der Waals surface area contributed by atoms with Crippen LogP contribution in [0.1, 0.15) is 0 Å². The summed E-state index contributed by atoms with van der Waals surface area (Å²) >= 11 is 1.88. The molecule has 47 heavy (non-hydrogen) atoms. The summed E-state index contributed by atoms with van der Waals surface area (Å²) in [6, 6.07) is 59.0. The molecule has 3 heteroatoms. The maximum Gasteiger partial charge on any atom is 0.143 e. The van der Waals surface area contributed by atoms with Crippen LogP contribution in [0.25, 0.3) is 74.8 Å². The van der Waals surface area contributed by atoms with E-state index < -0.39 is 0 Å².